The van der Waals surface area contributed by atoms with Crippen LogP contribution in [0.25, 0.3) is 0 Å². The topological polar surface area (TPSA) is 0 Å². The van der Waals surface area contributed by atoms with Gasteiger partial charge in [0, 0.05) is 0 Å². The Morgan fingerprint density at radius 3 is 1.31 bits per heavy atom. The molecule has 4 fully saturated rings. The summed E-state index contributed by atoms with van der Waals surface area (Å²) in [5, 5.41) is 0. The van der Waals surface area contributed by atoms with Crippen molar-refractivity contribution in [2.24, 2.45) is 59.2 Å². The van der Waals surface area contributed by atoms with Crippen LogP contribution < -0.4 is 0 Å². The van der Waals surface area contributed by atoms with E-state index in [1.165, 1.54) is 12.8 Å². The van der Waals surface area contributed by atoms with Crippen molar-refractivity contribution in [3.05, 3.63) is 29.7 Å². The number of hydrogen-bond donors (Lipinski definition) is 0. The second-order valence-corrected chi connectivity index (χ2v) is 10.5. The van der Waals surface area contributed by atoms with Crippen LogP contribution in [0.5, 0.6) is 0 Å². The van der Waals surface area contributed by atoms with E-state index in [2.05, 4.69) is 41.5 Å². The molecule has 0 heterocycles. The van der Waals surface area contributed by atoms with Crippen LogP contribution in [0.4, 0.5) is 0 Å². The molecule has 0 N–H and O–H groups in total. The molecule has 0 aromatic heterocycles. The first-order valence-electron chi connectivity index (χ1n) is 11.4. The van der Waals surface area contributed by atoms with Gasteiger partial charge in [0.25, 0.3) is 0 Å². The maximum Gasteiger partial charge on any atom is 4.00 e. The fourth-order valence-corrected chi connectivity index (χ4v) is 7.36. The van der Waals surface area contributed by atoms with Crippen LogP contribution in [0.3, 0.4) is 0 Å². The normalized spacial score (nSPS) is 44.5. The van der Waals surface area contributed by atoms with Gasteiger partial charge in [-0.15, -0.1) is 0 Å². The summed E-state index contributed by atoms with van der Waals surface area (Å²) in [7, 11) is 0. The molecule has 4 rings (SSSR count). The third-order valence-corrected chi connectivity index (χ3v) is 9.71. The minimum absolute atomic E-state index is 0. The molecule has 0 aromatic rings. The van der Waals surface area contributed by atoms with Crippen LogP contribution in [0, 0.1) is 88.9 Å². The van der Waals surface area contributed by atoms with Gasteiger partial charge in [-0.2, -0.15) is 0 Å². The standard InChI is InChI=1S/C14H24.C10H20.4CH3.Zr/c1-10-6-7-12-9-8-11-4-2-3-5-13(11)14(10)12;1-6-7(2)9(4)10(5)8(6)3;;;;;/h10-14H,2-9H2,1H3;6-10H,1-5H3;4*1H3;/q;;4*-1;+4. The maximum absolute atomic E-state index is 2.53. The molecular weight excluding hydrogens is 428 g/mol. The predicted octanol–water partition coefficient (Wildman–Crippen LogP) is 9.23. The van der Waals surface area contributed by atoms with Crippen LogP contribution in [0.2, 0.25) is 0 Å². The summed E-state index contributed by atoms with van der Waals surface area (Å²) in [6, 6.07) is 0. The molecule has 1 heteroatoms. The molecule has 0 saturated heterocycles. The molecule has 4 aliphatic rings. The third-order valence-electron chi connectivity index (χ3n) is 9.71. The molecule has 172 valence electrons. The summed E-state index contributed by atoms with van der Waals surface area (Å²) in [4.78, 5) is 0. The van der Waals surface area contributed by atoms with Gasteiger partial charge < -0.3 is 29.7 Å². The Morgan fingerprint density at radius 1 is 0.448 bits per heavy atom. The molecule has 0 bridgehead atoms. The van der Waals surface area contributed by atoms with Gasteiger partial charge in [0.1, 0.15) is 0 Å². The van der Waals surface area contributed by atoms with Crippen molar-refractivity contribution >= 4 is 0 Å². The molecule has 29 heavy (non-hydrogen) atoms. The minimum Gasteiger partial charge on any atom is -0.358 e. The first kappa shape index (κ1) is 34.5. The second kappa shape index (κ2) is 14.9. The zero-order chi connectivity index (χ0) is 17.4. The molecule has 5 unspecified atom stereocenters. The van der Waals surface area contributed by atoms with Gasteiger partial charge in [-0.05, 0) is 84.9 Å². The van der Waals surface area contributed by atoms with Gasteiger partial charge in [-0.3, -0.25) is 0 Å². The zero-order valence-corrected chi connectivity index (χ0v) is 24.4. The van der Waals surface area contributed by atoms with Crippen molar-refractivity contribution in [1.82, 2.24) is 0 Å². The Bertz CT molecular complexity index is 360. The number of fused-ring (bicyclic) bond motifs is 3. The van der Waals surface area contributed by atoms with E-state index in [1.807, 2.05) is 0 Å². The molecule has 5 atom stereocenters. The summed E-state index contributed by atoms with van der Waals surface area (Å²) in [6.07, 6.45) is 12.5. The van der Waals surface area contributed by atoms with Crippen LogP contribution in [-0.2, 0) is 26.2 Å². The molecule has 0 nitrogen and oxygen atoms in total. The molecule has 0 radical (unpaired) electrons. The van der Waals surface area contributed by atoms with Crippen LogP contribution in [-0.4, -0.2) is 0 Å². The molecule has 0 amide bonds. The zero-order valence-electron chi connectivity index (χ0n) is 21.9. The van der Waals surface area contributed by atoms with E-state index < -0.39 is 0 Å². The third kappa shape index (κ3) is 7.19. The van der Waals surface area contributed by atoms with Gasteiger partial charge in [0.05, 0.1) is 0 Å². The summed E-state index contributed by atoms with van der Waals surface area (Å²) in [6.45, 7) is 14.5. The molecular formula is C28H56Zr. The van der Waals surface area contributed by atoms with E-state index >= 15 is 0 Å². The average Bonchev–Trinajstić information content (AvgIpc) is 3.06. The number of hydrogen-bond acceptors (Lipinski definition) is 0. The molecule has 0 aliphatic heterocycles. The average molecular weight is 484 g/mol. The molecule has 0 spiro atoms. The fourth-order valence-electron chi connectivity index (χ4n) is 7.36. The maximum atomic E-state index is 2.53. The van der Waals surface area contributed by atoms with E-state index in [4.69, 9.17) is 0 Å². The summed E-state index contributed by atoms with van der Waals surface area (Å²) < 4.78 is 0. The van der Waals surface area contributed by atoms with Crippen LogP contribution in [0.15, 0.2) is 0 Å². The van der Waals surface area contributed by atoms with E-state index in [0.717, 1.165) is 59.2 Å². The van der Waals surface area contributed by atoms with Gasteiger partial charge >= 0.3 is 26.2 Å². The summed E-state index contributed by atoms with van der Waals surface area (Å²) >= 11 is 0. The van der Waals surface area contributed by atoms with Gasteiger partial charge in [0.15, 0.2) is 0 Å². The van der Waals surface area contributed by atoms with Crippen LogP contribution in [0.1, 0.15) is 92.9 Å². The fraction of sp³-hybridized carbons (Fsp3) is 0.857. The van der Waals surface area contributed by atoms with Crippen molar-refractivity contribution in [3.63, 3.8) is 0 Å². The van der Waals surface area contributed by atoms with E-state index in [-0.39, 0.29) is 55.9 Å². The van der Waals surface area contributed by atoms with Crippen molar-refractivity contribution < 1.29 is 26.2 Å². The van der Waals surface area contributed by atoms with E-state index in [0.29, 0.717) is 0 Å². The Labute approximate surface area is 207 Å². The largest absolute Gasteiger partial charge is 4.00 e. The van der Waals surface area contributed by atoms with Gasteiger partial charge in [-0.25, -0.2) is 0 Å². The molecule has 0 aromatic carbocycles. The predicted molar refractivity (Wildman–Crippen MR) is 132 cm³/mol. The Balaban J connectivity index is -0.000000414. The van der Waals surface area contributed by atoms with E-state index in [9.17, 15) is 0 Å². The number of rotatable bonds is 0. The van der Waals surface area contributed by atoms with Crippen molar-refractivity contribution in [1.29, 1.82) is 0 Å². The second-order valence-electron chi connectivity index (χ2n) is 10.5. The van der Waals surface area contributed by atoms with Crippen LogP contribution >= 0.6 is 0 Å². The van der Waals surface area contributed by atoms with E-state index in [1.54, 1.807) is 38.5 Å². The minimum atomic E-state index is 0. The Kier molecular flexibility index (Phi) is 17.7. The SMILES string of the molecule is CC1C(C)C(C)C(C)C1C.CC1CCC2CCC3CCCCC3C12.[CH3-].[CH3-].[CH3-].[CH3-].[Zr+4]. The van der Waals surface area contributed by atoms with Gasteiger partial charge in [-0.1, -0.05) is 67.2 Å². The Morgan fingerprint density at radius 2 is 0.828 bits per heavy atom. The quantitative estimate of drug-likeness (QED) is 0.301. The van der Waals surface area contributed by atoms with Crippen molar-refractivity contribution in [3.8, 4) is 0 Å². The summed E-state index contributed by atoms with van der Waals surface area (Å²) in [5.74, 6) is 10.3. The van der Waals surface area contributed by atoms with Crippen molar-refractivity contribution in [2.45, 2.75) is 92.9 Å². The first-order chi connectivity index (χ1) is 11.4. The van der Waals surface area contributed by atoms with Gasteiger partial charge in [0.2, 0.25) is 0 Å². The summed E-state index contributed by atoms with van der Waals surface area (Å²) in [5.41, 5.74) is 0. The monoisotopic (exact) mass is 482 g/mol. The smallest absolute Gasteiger partial charge is 0.358 e. The first-order valence-corrected chi connectivity index (χ1v) is 11.4. The molecule has 4 saturated carbocycles. The molecule has 4 aliphatic carbocycles. The Hall–Kier alpha value is 0.883. The van der Waals surface area contributed by atoms with Crippen molar-refractivity contribution in [2.75, 3.05) is 0 Å².